The fourth-order valence-electron chi connectivity index (χ4n) is 2.44. The van der Waals surface area contributed by atoms with Crippen molar-refractivity contribution in [2.45, 2.75) is 13.5 Å². The molecule has 0 aliphatic carbocycles. The maximum atomic E-state index is 12.5. The van der Waals surface area contributed by atoms with Crippen LogP contribution in [0, 0.1) is 0 Å². The van der Waals surface area contributed by atoms with E-state index in [0.29, 0.717) is 17.9 Å². The van der Waals surface area contributed by atoms with E-state index < -0.39 is 0 Å². The van der Waals surface area contributed by atoms with Gasteiger partial charge >= 0.3 is 0 Å². The van der Waals surface area contributed by atoms with Gasteiger partial charge in [-0.25, -0.2) is 4.98 Å². The summed E-state index contributed by atoms with van der Waals surface area (Å²) in [6.07, 6.45) is 3.71. The first kappa shape index (κ1) is 15.6. The number of rotatable bonds is 5. The van der Waals surface area contributed by atoms with Crippen molar-refractivity contribution in [2.75, 3.05) is 12.3 Å². The molecule has 0 bridgehead atoms. The van der Waals surface area contributed by atoms with Gasteiger partial charge in [0.1, 0.15) is 0 Å². The van der Waals surface area contributed by atoms with Crippen LogP contribution in [0.2, 0.25) is 0 Å². The molecule has 0 fully saturated rings. The van der Waals surface area contributed by atoms with Gasteiger partial charge < -0.3 is 5.32 Å². The number of fused-ring (bicyclic) bond motifs is 1. The van der Waals surface area contributed by atoms with E-state index in [9.17, 15) is 4.79 Å². The van der Waals surface area contributed by atoms with Crippen molar-refractivity contribution in [1.82, 2.24) is 20.1 Å². The lowest BCUT2D eigenvalue weighted by Crippen LogP contribution is -2.25. The molecule has 1 N–H and O–H groups in total. The number of hydrogen-bond donors (Lipinski definition) is 2. The first-order valence-electron chi connectivity index (χ1n) is 7.54. The molecule has 0 atom stereocenters. The largest absolute Gasteiger partial charge is 0.351 e. The molecule has 23 heavy (non-hydrogen) atoms. The number of para-hydroxylation sites is 1. The lowest BCUT2D eigenvalue weighted by atomic mass is 10.1. The summed E-state index contributed by atoms with van der Waals surface area (Å²) < 4.78 is 1.84. The highest BCUT2D eigenvalue weighted by molar-refractivity contribution is 7.80. The Hall–Kier alpha value is -2.34. The Balaban J connectivity index is 2.11. The zero-order chi connectivity index (χ0) is 16.2. The van der Waals surface area contributed by atoms with Crippen molar-refractivity contribution in [3.05, 3.63) is 48.3 Å². The lowest BCUT2D eigenvalue weighted by Gasteiger charge is -2.09. The van der Waals surface area contributed by atoms with Crippen molar-refractivity contribution in [2.24, 2.45) is 0 Å². The predicted octanol–water partition coefficient (Wildman–Crippen LogP) is 2.78. The van der Waals surface area contributed by atoms with Gasteiger partial charge in [0.25, 0.3) is 5.91 Å². The molecule has 0 aliphatic heterocycles. The van der Waals surface area contributed by atoms with Gasteiger partial charge in [-0.1, -0.05) is 18.2 Å². The number of pyridine rings is 1. The van der Waals surface area contributed by atoms with E-state index in [2.05, 4.69) is 28.0 Å². The molecule has 0 aliphatic rings. The third kappa shape index (κ3) is 3.22. The van der Waals surface area contributed by atoms with Crippen molar-refractivity contribution in [1.29, 1.82) is 0 Å². The van der Waals surface area contributed by atoms with Gasteiger partial charge in [-0.15, -0.1) is 0 Å². The molecule has 6 heteroatoms. The Kier molecular flexibility index (Phi) is 4.62. The molecule has 5 nitrogen and oxygen atoms in total. The van der Waals surface area contributed by atoms with E-state index in [1.54, 1.807) is 6.20 Å². The zero-order valence-corrected chi connectivity index (χ0v) is 13.8. The van der Waals surface area contributed by atoms with E-state index in [4.69, 9.17) is 0 Å². The fourth-order valence-corrected chi connectivity index (χ4v) is 2.56. The van der Waals surface area contributed by atoms with E-state index in [0.717, 1.165) is 28.7 Å². The number of carbonyl (C=O) groups is 1. The van der Waals surface area contributed by atoms with Gasteiger partial charge in [0.15, 0.2) is 0 Å². The number of hydrogen-bond acceptors (Lipinski definition) is 4. The summed E-state index contributed by atoms with van der Waals surface area (Å²) in [6, 6.07) is 9.49. The second-order valence-electron chi connectivity index (χ2n) is 5.14. The van der Waals surface area contributed by atoms with E-state index in [1.165, 1.54) is 0 Å². The van der Waals surface area contributed by atoms with Gasteiger partial charge in [0.05, 0.1) is 23.0 Å². The Morgan fingerprint density at radius 2 is 2.17 bits per heavy atom. The molecular formula is C17H18N4OS. The summed E-state index contributed by atoms with van der Waals surface area (Å²) >= 11 is 4.13. The van der Waals surface area contributed by atoms with Gasteiger partial charge in [-0.2, -0.15) is 17.7 Å². The van der Waals surface area contributed by atoms with Gasteiger partial charge in [-0.05, 0) is 19.1 Å². The molecule has 118 valence electrons. The average molecular weight is 326 g/mol. The van der Waals surface area contributed by atoms with Crippen LogP contribution < -0.4 is 5.32 Å². The molecule has 3 aromatic rings. The minimum Gasteiger partial charge on any atom is -0.351 e. The van der Waals surface area contributed by atoms with Crippen LogP contribution in [-0.4, -0.2) is 33.0 Å². The van der Waals surface area contributed by atoms with Crippen LogP contribution >= 0.6 is 12.6 Å². The summed E-state index contributed by atoms with van der Waals surface area (Å²) in [4.78, 5) is 17.1. The van der Waals surface area contributed by atoms with E-state index in [1.807, 2.05) is 48.1 Å². The molecule has 1 amide bonds. The monoisotopic (exact) mass is 326 g/mol. The second kappa shape index (κ2) is 6.83. The van der Waals surface area contributed by atoms with E-state index in [-0.39, 0.29) is 5.91 Å². The Labute approximate surface area is 140 Å². The Morgan fingerprint density at radius 3 is 2.91 bits per heavy atom. The highest BCUT2D eigenvalue weighted by Gasteiger charge is 2.14. The first-order chi connectivity index (χ1) is 11.2. The summed E-state index contributed by atoms with van der Waals surface area (Å²) in [7, 11) is 0. The number of amides is 1. The molecule has 0 radical (unpaired) electrons. The fraction of sp³-hybridized carbons (Fsp3) is 0.235. The Morgan fingerprint density at radius 1 is 1.35 bits per heavy atom. The molecular weight excluding hydrogens is 308 g/mol. The second-order valence-corrected chi connectivity index (χ2v) is 5.58. The Bertz CT molecular complexity index is 843. The van der Waals surface area contributed by atoms with Crippen molar-refractivity contribution in [3.63, 3.8) is 0 Å². The molecule has 1 aromatic carbocycles. The van der Waals surface area contributed by atoms with Crippen LogP contribution in [0.3, 0.4) is 0 Å². The predicted molar refractivity (Wildman–Crippen MR) is 94.8 cm³/mol. The third-order valence-corrected chi connectivity index (χ3v) is 3.83. The number of benzene rings is 1. The standard InChI is InChI=1S/C17H18N4OS/c1-2-21-11-12(10-19-21)16-9-14(17(22)18-7-8-23)13-5-3-4-6-15(13)20-16/h3-6,9-11,23H,2,7-8H2,1H3,(H,18,22). The number of aromatic nitrogens is 3. The van der Waals surface area contributed by atoms with Gasteiger partial charge in [-0.3, -0.25) is 9.48 Å². The number of nitrogens with zero attached hydrogens (tertiary/aromatic N) is 3. The first-order valence-corrected chi connectivity index (χ1v) is 8.18. The molecule has 2 aromatic heterocycles. The summed E-state index contributed by atoms with van der Waals surface area (Å²) in [5.41, 5.74) is 3.07. The minimum absolute atomic E-state index is 0.109. The summed E-state index contributed by atoms with van der Waals surface area (Å²) in [6.45, 7) is 3.35. The maximum Gasteiger partial charge on any atom is 0.252 e. The van der Waals surface area contributed by atoms with Gasteiger partial charge in [0, 0.05) is 36.0 Å². The molecule has 0 saturated carbocycles. The zero-order valence-electron chi connectivity index (χ0n) is 12.9. The van der Waals surface area contributed by atoms with Crippen LogP contribution in [-0.2, 0) is 6.54 Å². The van der Waals surface area contributed by atoms with Crippen LogP contribution in [0.4, 0.5) is 0 Å². The SMILES string of the molecule is CCn1cc(-c2cc(C(=O)NCCS)c3ccccc3n2)cn1. The number of carbonyl (C=O) groups excluding carboxylic acids is 1. The molecule has 0 unspecified atom stereocenters. The lowest BCUT2D eigenvalue weighted by molar-refractivity contribution is 0.0958. The van der Waals surface area contributed by atoms with Crippen molar-refractivity contribution < 1.29 is 4.79 Å². The molecule has 3 rings (SSSR count). The summed E-state index contributed by atoms with van der Waals surface area (Å²) in [5.74, 6) is 0.493. The quantitative estimate of drug-likeness (QED) is 0.709. The normalized spacial score (nSPS) is 10.9. The van der Waals surface area contributed by atoms with Gasteiger partial charge in [0.2, 0.25) is 0 Å². The maximum absolute atomic E-state index is 12.5. The number of nitrogens with one attached hydrogen (secondary N) is 1. The number of aryl methyl sites for hydroxylation is 1. The highest BCUT2D eigenvalue weighted by Crippen LogP contribution is 2.24. The van der Waals surface area contributed by atoms with Crippen LogP contribution in [0.15, 0.2) is 42.7 Å². The van der Waals surface area contributed by atoms with Crippen LogP contribution in [0.1, 0.15) is 17.3 Å². The third-order valence-electron chi connectivity index (χ3n) is 3.61. The van der Waals surface area contributed by atoms with Crippen LogP contribution in [0.25, 0.3) is 22.2 Å². The highest BCUT2D eigenvalue weighted by atomic mass is 32.1. The van der Waals surface area contributed by atoms with Crippen LogP contribution in [0.5, 0.6) is 0 Å². The molecule has 0 spiro atoms. The van der Waals surface area contributed by atoms with Crippen molar-refractivity contribution in [3.8, 4) is 11.3 Å². The average Bonchev–Trinajstić information content (AvgIpc) is 3.08. The number of thiol groups is 1. The minimum atomic E-state index is -0.109. The molecule has 0 saturated heterocycles. The smallest absolute Gasteiger partial charge is 0.252 e. The van der Waals surface area contributed by atoms with E-state index >= 15 is 0 Å². The molecule has 2 heterocycles. The topological polar surface area (TPSA) is 59.8 Å². The summed E-state index contributed by atoms with van der Waals surface area (Å²) in [5, 5.41) is 8.00. The van der Waals surface area contributed by atoms with Crippen molar-refractivity contribution >= 4 is 29.4 Å².